The molecule has 0 radical (unpaired) electrons. The van der Waals surface area contributed by atoms with Crippen molar-refractivity contribution >= 4 is 0 Å². The average molecular weight is 185 g/mol. The fourth-order valence-corrected chi connectivity index (χ4v) is 2.09. The van der Waals surface area contributed by atoms with Gasteiger partial charge in [-0.2, -0.15) is 0 Å². The first kappa shape index (κ1) is 9.40. The predicted molar refractivity (Wildman–Crippen MR) is 51.7 cm³/mol. The maximum atomic E-state index is 5.96. The Morgan fingerprint density at radius 3 is 2.38 bits per heavy atom. The molecular weight excluding hydrogens is 166 g/mol. The molecule has 2 rings (SSSR count). The van der Waals surface area contributed by atoms with Crippen LogP contribution in [0.1, 0.15) is 0 Å². The van der Waals surface area contributed by atoms with Gasteiger partial charge in [-0.1, -0.05) is 0 Å². The number of ether oxygens (including phenoxy) is 1. The Morgan fingerprint density at radius 2 is 1.85 bits per heavy atom. The predicted octanol–water partition coefficient (Wildman–Crippen LogP) is -1.04. The summed E-state index contributed by atoms with van der Waals surface area (Å²) in [6, 6.07) is 0.692. The molecule has 0 aromatic carbocycles. The van der Waals surface area contributed by atoms with Gasteiger partial charge in [0.25, 0.3) is 0 Å². The molecule has 0 bridgehead atoms. The van der Waals surface area contributed by atoms with Crippen molar-refractivity contribution in [3.8, 4) is 0 Å². The van der Waals surface area contributed by atoms with Crippen molar-refractivity contribution < 1.29 is 4.74 Å². The molecule has 4 heteroatoms. The molecule has 2 unspecified atom stereocenters. The maximum Gasteiger partial charge on any atom is 0.0638 e. The minimum atomic E-state index is 0.225. The van der Waals surface area contributed by atoms with E-state index in [2.05, 4.69) is 16.8 Å². The van der Waals surface area contributed by atoms with Gasteiger partial charge in [0, 0.05) is 32.2 Å². The second-order valence-electron chi connectivity index (χ2n) is 4.11. The van der Waals surface area contributed by atoms with Crippen molar-refractivity contribution in [1.82, 2.24) is 9.80 Å². The van der Waals surface area contributed by atoms with Crippen LogP contribution in [0.4, 0.5) is 0 Å². The molecule has 4 nitrogen and oxygen atoms in total. The lowest BCUT2D eigenvalue weighted by Crippen LogP contribution is -2.54. The van der Waals surface area contributed by atoms with E-state index in [0.717, 1.165) is 39.4 Å². The van der Waals surface area contributed by atoms with Gasteiger partial charge in [0.15, 0.2) is 0 Å². The molecule has 0 amide bonds. The quantitative estimate of drug-likeness (QED) is 0.566. The van der Waals surface area contributed by atoms with Crippen molar-refractivity contribution in [3.05, 3.63) is 0 Å². The van der Waals surface area contributed by atoms with E-state index in [4.69, 9.17) is 10.5 Å². The zero-order valence-corrected chi connectivity index (χ0v) is 8.28. The van der Waals surface area contributed by atoms with Crippen LogP contribution in [0, 0.1) is 0 Å². The summed E-state index contributed by atoms with van der Waals surface area (Å²) in [5, 5.41) is 0. The Bertz CT molecular complexity index is 168. The standard InChI is InChI=1S/C9H19N3O/c1-11-2-4-12(5-3-11)9-7-13-6-8(9)10/h8-9H,2-7,10H2,1H3. The van der Waals surface area contributed by atoms with Gasteiger partial charge in [-0.05, 0) is 7.05 Å². The third kappa shape index (κ3) is 2.02. The van der Waals surface area contributed by atoms with Gasteiger partial charge in [0.2, 0.25) is 0 Å². The molecule has 2 N–H and O–H groups in total. The van der Waals surface area contributed by atoms with Crippen LogP contribution >= 0.6 is 0 Å². The highest BCUT2D eigenvalue weighted by atomic mass is 16.5. The van der Waals surface area contributed by atoms with Crippen LogP contribution in [0.25, 0.3) is 0 Å². The lowest BCUT2D eigenvalue weighted by Gasteiger charge is -2.37. The molecule has 0 aliphatic carbocycles. The smallest absolute Gasteiger partial charge is 0.0638 e. The highest BCUT2D eigenvalue weighted by Crippen LogP contribution is 2.13. The molecule has 2 atom stereocenters. The number of piperazine rings is 1. The zero-order chi connectivity index (χ0) is 9.26. The molecular formula is C9H19N3O. The average Bonchev–Trinajstić information content (AvgIpc) is 2.53. The second kappa shape index (κ2) is 3.92. The first-order valence-corrected chi connectivity index (χ1v) is 5.03. The van der Waals surface area contributed by atoms with E-state index >= 15 is 0 Å². The molecule has 0 saturated carbocycles. The normalized spacial score (nSPS) is 38.3. The Morgan fingerprint density at radius 1 is 1.15 bits per heavy atom. The van der Waals surface area contributed by atoms with Crippen molar-refractivity contribution in [2.24, 2.45) is 5.73 Å². The van der Waals surface area contributed by atoms with E-state index < -0.39 is 0 Å². The molecule has 0 spiro atoms. The van der Waals surface area contributed by atoms with Gasteiger partial charge < -0.3 is 15.4 Å². The number of hydrogen-bond donors (Lipinski definition) is 1. The number of likely N-dealkylation sites (N-methyl/N-ethyl adjacent to an activating group) is 1. The zero-order valence-electron chi connectivity index (χ0n) is 8.28. The molecule has 0 aromatic rings. The van der Waals surface area contributed by atoms with E-state index in [-0.39, 0.29) is 6.04 Å². The Hall–Kier alpha value is -0.160. The summed E-state index contributed by atoms with van der Waals surface area (Å²) in [5.74, 6) is 0. The van der Waals surface area contributed by atoms with Crippen molar-refractivity contribution in [2.75, 3.05) is 46.4 Å². The van der Waals surface area contributed by atoms with Gasteiger partial charge >= 0.3 is 0 Å². The number of hydrogen-bond acceptors (Lipinski definition) is 4. The fourth-order valence-electron chi connectivity index (χ4n) is 2.09. The lowest BCUT2D eigenvalue weighted by atomic mass is 10.1. The van der Waals surface area contributed by atoms with Crippen LogP contribution < -0.4 is 5.73 Å². The first-order valence-electron chi connectivity index (χ1n) is 5.03. The SMILES string of the molecule is CN1CCN(C2COCC2N)CC1. The Kier molecular flexibility index (Phi) is 2.83. The largest absolute Gasteiger partial charge is 0.378 e. The van der Waals surface area contributed by atoms with Crippen molar-refractivity contribution in [1.29, 1.82) is 0 Å². The minimum Gasteiger partial charge on any atom is -0.378 e. The van der Waals surface area contributed by atoms with Gasteiger partial charge in [-0.15, -0.1) is 0 Å². The molecule has 2 heterocycles. The van der Waals surface area contributed by atoms with Gasteiger partial charge in [0.1, 0.15) is 0 Å². The third-order valence-corrected chi connectivity index (χ3v) is 3.10. The molecule has 13 heavy (non-hydrogen) atoms. The van der Waals surface area contributed by atoms with E-state index in [1.807, 2.05) is 0 Å². The number of nitrogens with two attached hydrogens (primary N) is 1. The summed E-state index contributed by atoms with van der Waals surface area (Å²) in [7, 11) is 2.17. The Balaban J connectivity index is 1.86. The summed E-state index contributed by atoms with van der Waals surface area (Å²) in [6.45, 7) is 6.14. The van der Waals surface area contributed by atoms with E-state index in [1.165, 1.54) is 0 Å². The fraction of sp³-hybridized carbons (Fsp3) is 1.00. The van der Waals surface area contributed by atoms with Gasteiger partial charge in [-0.3, -0.25) is 4.90 Å². The van der Waals surface area contributed by atoms with E-state index in [9.17, 15) is 0 Å². The van der Waals surface area contributed by atoms with Crippen LogP contribution in [0.5, 0.6) is 0 Å². The summed E-state index contributed by atoms with van der Waals surface area (Å²) < 4.78 is 5.37. The van der Waals surface area contributed by atoms with Gasteiger partial charge in [0.05, 0.1) is 19.3 Å². The summed E-state index contributed by atoms with van der Waals surface area (Å²) in [5.41, 5.74) is 5.96. The Labute approximate surface area is 79.6 Å². The topological polar surface area (TPSA) is 41.7 Å². The van der Waals surface area contributed by atoms with Crippen molar-refractivity contribution in [3.63, 3.8) is 0 Å². The maximum absolute atomic E-state index is 5.96. The lowest BCUT2D eigenvalue weighted by molar-refractivity contribution is 0.0939. The van der Waals surface area contributed by atoms with Crippen LogP contribution in [-0.4, -0.2) is 68.3 Å². The number of rotatable bonds is 1. The van der Waals surface area contributed by atoms with Gasteiger partial charge in [-0.25, -0.2) is 0 Å². The summed E-state index contributed by atoms with van der Waals surface area (Å²) >= 11 is 0. The second-order valence-corrected chi connectivity index (χ2v) is 4.11. The molecule has 76 valence electrons. The van der Waals surface area contributed by atoms with E-state index in [1.54, 1.807) is 0 Å². The molecule has 2 aliphatic rings. The molecule has 2 saturated heterocycles. The molecule has 2 aliphatic heterocycles. The van der Waals surface area contributed by atoms with Crippen LogP contribution in [0.15, 0.2) is 0 Å². The summed E-state index contributed by atoms with van der Waals surface area (Å²) in [4.78, 5) is 4.83. The van der Waals surface area contributed by atoms with Crippen LogP contribution in [0.3, 0.4) is 0 Å². The van der Waals surface area contributed by atoms with Crippen LogP contribution in [-0.2, 0) is 4.74 Å². The van der Waals surface area contributed by atoms with E-state index in [0.29, 0.717) is 6.04 Å². The van der Waals surface area contributed by atoms with Crippen molar-refractivity contribution in [2.45, 2.75) is 12.1 Å². The summed E-state index contributed by atoms with van der Waals surface area (Å²) in [6.07, 6.45) is 0. The molecule has 2 fully saturated rings. The van der Waals surface area contributed by atoms with Crippen LogP contribution in [0.2, 0.25) is 0 Å². The third-order valence-electron chi connectivity index (χ3n) is 3.10. The molecule has 0 aromatic heterocycles. The monoisotopic (exact) mass is 185 g/mol. The number of nitrogens with zero attached hydrogens (tertiary/aromatic N) is 2. The highest BCUT2D eigenvalue weighted by molar-refractivity contribution is 4.88. The first-order chi connectivity index (χ1) is 6.27. The highest BCUT2D eigenvalue weighted by Gasteiger charge is 2.31. The minimum absolute atomic E-state index is 0.225.